The van der Waals surface area contributed by atoms with E-state index in [1.165, 1.54) is 18.5 Å². The summed E-state index contributed by atoms with van der Waals surface area (Å²) in [4.78, 5) is 18.5. The average Bonchev–Trinajstić information content (AvgIpc) is 3.11. The van der Waals surface area contributed by atoms with Crippen molar-refractivity contribution in [1.82, 2.24) is 10.3 Å². The highest BCUT2D eigenvalue weighted by atomic mass is 16.1. The van der Waals surface area contributed by atoms with Gasteiger partial charge in [0.25, 0.3) is 0 Å². The summed E-state index contributed by atoms with van der Waals surface area (Å²) in [5.41, 5.74) is 2.99. The van der Waals surface area contributed by atoms with Crippen LogP contribution in [-0.4, -0.2) is 30.5 Å². The lowest BCUT2D eigenvalue weighted by molar-refractivity contribution is -0.115. The molecular formula is C18H22N4O. The number of rotatable bonds is 6. The Morgan fingerprint density at radius 1 is 1.09 bits per heavy atom. The minimum atomic E-state index is -0.0464. The quantitative estimate of drug-likeness (QED) is 0.860. The highest BCUT2D eigenvalue weighted by Gasteiger charge is 2.12. The van der Waals surface area contributed by atoms with Gasteiger partial charge >= 0.3 is 0 Å². The van der Waals surface area contributed by atoms with E-state index >= 15 is 0 Å². The van der Waals surface area contributed by atoms with Crippen molar-refractivity contribution in [2.45, 2.75) is 19.4 Å². The minimum Gasteiger partial charge on any atom is -0.372 e. The van der Waals surface area contributed by atoms with Crippen molar-refractivity contribution >= 4 is 17.3 Å². The Balaban J connectivity index is 1.44. The monoisotopic (exact) mass is 310 g/mol. The first-order valence-electron chi connectivity index (χ1n) is 8.07. The normalized spacial score (nSPS) is 14.0. The lowest BCUT2D eigenvalue weighted by Gasteiger charge is -2.17. The molecule has 1 aromatic heterocycles. The molecule has 2 aromatic rings. The number of aromatic nitrogens is 1. The zero-order valence-corrected chi connectivity index (χ0v) is 13.2. The number of carbonyl (C=O) groups is 1. The number of nitrogens with one attached hydrogen (secondary N) is 2. The molecule has 1 amide bonds. The molecule has 0 aliphatic carbocycles. The van der Waals surface area contributed by atoms with Crippen molar-refractivity contribution in [3.8, 4) is 0 Å². The maximum atomic E-state index is 11.9. The average molecular weight is 310 g/mol. The summed E-state index contributed by atoms with van der Waals surface area (Å²) < 4.78 is 0. The fraction of sp³-hybridized carbons (Fsp3) is 0.333. The van der Waals surface area contributed by atoms with Crippen molar-refractivity contribution < 1.29 is 4.79 Å². The third-order valence-corrected chi connectivity index (χ3v) is 3.94. The Labute approximate surface area is 136 Å². The van der Waals surface area contributed by atoms with Crippen LogP contribution >= 0.6 is 0 Å². The second-order valence-electron chi connectivity index (χ2n) is 5.71. The molecule has 0 spiro atoms. The standard InChI is InChI=1S/C18H22N4O/c23-18(14-19-13-16-5-1-2-10-20-16)21-15-6-8-17(9-7-15)22-11-3-4-12-22/h1-2,5-10,19H,3-4,11-14H2,(H,21,23). The summed E-state index contributed by atoms with van der Waals surface area (Å²) in [5.74, 6) is -0.0464. The molecule has 5 heteroatoms. The first-order chi connectivity index (χ1) is 11.3. The lowest BCUT2D eigenvalue weighted by atomic mass is 10.2. The second-order valence-corrected chi connectivity index (χ2v) is 5.71. The van der Waals surface area contributed by atoms with E-state index in [2.05, 4.69) is 32.7 Å². The SMILES string of the molecule is O=C(CNCc1ccccn1)Nc1ccc(N2CCCC2)cc1. The van der Waals surface area contributed by atoms with Crippen LogP contribution in [0, 0.1) is 0 Å². The molecule has 1 aromatic carbocycles. The molecular weight excluding hydrogens is 288 g/mol. The third kappa shape index (κ3) is 4.53. The van der Waals surface area contributed by atoms with Crippen LogP contribution in [0.4, 0.5) is 11.4 Å². The van der Waals surface area contributed by atoms with Gasteiger partial charge in [0.1, 0.15) is 0 Å². The Morgan fingerprint density at radius 3 is 2.57 bits per heavy atom. The van der Waals surface area contributed by atoms with Gasteiger partial charge in [-0.1, -0.05) is 6.07 Å². The molecule has 2 heterocycles. The minimum absolute atomic E-state index is 0.0464. The van der Waals surface area contributed by atoms with Crippen LogP contribution in [0.25, 0.3) is 0 Å². The van der Waals surface area contributed by atoms with Gasteiger partial charge in [-0.15, -0.1) is 0 Å². The fourth-order valence-electron chi connectivity index (χ4n) is 2.74. The van der Waals surface area contributed by atoms with Gasteiger partial charge in [-0.2, -0.15) is 0 Å². The van der Waals surface area contributed by atoms with Crippen molar-refractivity contribution in [1.29, 1.82) is 0 Å². The Morgan fingerprint density at radius 2 is 1.87 bits per heavy atom. The zero-order chi connectivity index (χ0) is 15.9. The molecule has 0 radical (unpaired) electrons. The number of anilines is 2. The summed E-state index contributed by atoms with van der Waals surface area (Å²) in [6, 6.07) is 13.8. The molecule has 0 atom stereocenters. The Kier molecular flexibility index (Phi) is 5.21. The summed E-state index contributed by atoms with van der Waals surface area (Å²) in [5, 5.41) is 6.00. The molecule has 0 saturated carbocycles. The van der Waals surface area contributed by atoms with Crippen LogP contribution in [0.2, 0.25) is 0 Å². The predicted octanol–water partition coefficient (Wildman–Crippen LogP) is 2.41. The van der Waals surface area contributed by atoms with E-state index in [1.54, 1.807) is 6.20 Å². The zero-order valence-electron chi connectivity index (χ0n) is 13.2. The van der Waals surface area contributed by atoms with Gasteiger partial charge in [-0.3, -0.25) is 9.78 Å². The smallest absolute Gasteiger partial charge is 0.238 e. The third-order valence-electron chi connectivity index (χ3n) is 3.94. The molecule has 2 N–H and O–H groups in total. The van der Waals surface area contributed by atoms with Gasteiger partial charge in [-0.25, -0.2) is 0 Å². The van der Waals surface area contributed by atoms with Crippen molar-refractivity contribution in [3.05, 3.63) is 54.4 Å². The Hall–Kier alpha value is -2.40. The highest BCUT2D eigenvalue weighted by molar-refractivity contribution is 5.92. The molecule has 23 heavy (non-hydrogen) atoms. The number of amides is 1. The van der Waals surface area contributed by atoms with Gasteiger partial charge in [0.05, 0.1) is 12.2 Å². The number of nitrogens with zero attached hydrogens (tertiary/aromatic N) is 2. The molecule has 3 rings (SSSR count). The van der Waals surface area contributed by atoms with E-state index in [1.807, 2.05) is 30.3 Å². The summed E-state index contributed by atoms with van der Waals surface area (Å²) >= 11 is 0. The van der Waals surface area contributed by atoms with Crippen LogP contribution < -0.4 is 15.5 Å². The summed E-state index contributed by atoms with van der Waals surface area (Å²) in [7, 11) is 0. The molecule has 5 nitrogen and oxygen atoms in total. The largest absolute Gasteiger partial charge is 0.372 e. The fourth-order valence-corrected chi connectivity index (χ4v) is 2.74. The first kappa shape index (κ1) is 15.5. The predicted molar refractivity (Wildman–Crippen MR) is 92.5 cm³/mol. The van der Waals surface area contributed by atoms with Crippen LogP contribution in [-0.2, 0) is 11.3 Å². The van der Waals surface area contributed by atoms with Crippen molar-refractivity contribution in [2.75, 3.05) is 29.9 Å². The number of benzene rings is 1. The van der Waals surface area contributed by atoms with Gasteiger partial charge in [0.15, 0.2) is 0 Å². The summed E-state index contributed by atoms with van der Waals surface area (Å²) in [6.45, 7) is 3.11. The molecule has 1 aliphatic rings. The van der Waals surface area contributed by atoms with E-state index in [-0.39, 0.29) is 12.5 Å². The van der Waals surface area contributed by atoms with Crippen molar-refractivity contribution in [3.63, 3.8) is 0 Å². The number of hydrogen-bond donors (Lipinski definition) is 2. The van der Waals surface area contributed by atoms with Crippen molar-refractivity contribution in [2.24, 2.45) is 0 Å². The van der Waals surface area contributed by atoms with Gasteiger partial charge in [0.2, 0.25) is 5.91 Å². The van der Waals surface area contributed by atoms with Gasteiger partial charge in [0, 0.05) is 37.2 Å². The van der Waals surface area contributed by atoms with E-state index in [0.29, 0.717) is 6.54 Å². The molecule has 1 aliphatic heterocycles. The van der Waals surface area contributed by atoms with E-state index in [0.717, 1.165) is 24.5 Å². The molecule has 0 bridgehead atoms. The van der Waals surface area contributed by atoms with Crippen LogP contribution in [0.15, 0.2) is 48.7 Å². The summed E-state index contributed by atoms with van der Waals surface area (Å²) in [6.07, 6.45) is 4.28. The number of carbonyl (C=O) groups excluding carboxylic acids is 1. The van der Waals surface area contributed by atoms with E-state index in [4.69, 9.17) is 0 Å². The Bertz CT molecular complexity index is 621. The maximum Gasteiger partial charge on any atom is 0.238 e. The molecule has 1 fully saturated rings. The lowest BCUT2D eigenvalue weighted by Crippen LogP contribution is -2.28. The van der Waals surface area contributed by atoms with Gasteiger partial charge in [-0.05, 0) is 49.2 Å². The molecule has 0 unspecified atom stereocenters. The maximum absolute atomic E-state index is 11.9. The molecule has 1 saturated heterocycles. The van der Waals surface area contributed by atoms with Crippen LogP contribution in [0.5, 0.6) is 0 Å². The first-order valence-corrected chi connectivity index (χ1v) is 8.07. The van der Waals surface area contributed by atoms with E-state index < -0.39 is 0 Å². The highest BCUT2D eigenvalue weighted by Crippen LogP contribution is 2.21. The molecule has 120 valence electrons. The van der Waals surface area contributed by atoms with E-state index in [9.17, 15) is 4.79 Å². The van der Waals surface area contributed by atoms with Gasteiger partial charge < -0.3 is 15.5 Å². The number of hydrogen-bond acceptors (Lipinski definition) is 4. The number of pyridine rings is 1. The van der Waals surface area contributed by atoms with Crippen LogP contribution in [0.1, 0.15) is 18.5 Å². The topological polar surface area (TPSA) is 57.3 Å². The van der Waals surface area contributed by atoms with Crippen LogP contribution in [0.3, 0.4) is 0 Å². The second kappa shape index (κ2) is 7.74.